The molecule has 1 amide bonds. The molecule has 1 aliphatic carbocycles. The number of aryl methyl sites for hydroxylation is 1. The minimum atomic E-state index is 0.0379. The molecule has 1 saturated carbocycles. The summed E-state index contributed by atoms with van der Waals surface area (Å²) in [5, 5.41) is 11.6. The Balaban J connectivity index is 1.21. The minimum Gasteiger partial charge on any atom is -0.361 e. The fourth-order valence-electron chi connectivity index (χ4n) is 4.41. The molecule has 0 bridgehead atoms. The van der Waals surface area contributed by atoms with Gasteiger partial charge in [-0.3, -0.25) is 14.6 Å². The van der Waals surface area contributed by atoms with Crippen LogP contribution in [0.1, 0.15) is 43.6 Å². The standard InChI is InChI=1S/C21H32N6O2/c1-17-13-19(24-29-17)15-25-9-11-26(12-10-25)16-21(28)23-20-7-8-22-27(20)14-18-5-3-2-4-6-18/h7-8,13,18H,2-6,9-12,14-16H2,1H3,(H,23,28). The summed E-state index contributed by atoms with van der Waals surface area (Å²) in [4.78, 5) is 17.1. The van der Waals surface area contributed by atoms with E-state index < -0.39 is 0 Å². The molecular formula is C21H32N6O2. The van der Waals surface area contributed by atoms with Gasteiger partial charge in [0.15, 0.2) is 0 Å². The van der Waals surface area contributed by atoms with E-state index in [9.17, 15) is 4.79 Å². The number of carbonyl (C=O) groups excluding carboxylic acids is 1. The zero-order valence-electron chi connectivity index (χ0n) is 17.3. The van der Waals surface area contributed by atoms with Gasteiger partial charge in [0.1, 0.15) is 11.6 Å². The highest BCUT2D eigenvalue weighted by Crippen LogP contribution is 2.25. The van der Waals surface area contributed by atoms with Crippen LogP contribution >= 0.6 is 0 Å². The molecule has 4 rings (SSSR count). The average Bonchev–Trinajstić information content (AvgIpc) is 3.33. The number of anilines is 1. The minimum absolute atomic E-state index is 0.0379. The number of amides is 1. The van der Waals surface area contributed by atoms with E-state index >= 15 is 0 Å². The van der Waals surface area contributed by atoms with E-state index in [1.54, 1.807) is 6.20 Å². The van der Waals surface area contributed by atoms with Crippen molar-refractivity contribution in [2.45, 2.75) is 52.1 Å². The zero-order chi connectivity index (χ0) is 20.1. The van der Waals surface area contributed by atoms with Crippen molar-refractivity contribution >= 4 is 11.7 Å². The number of carbonyl (C=O) groups is 1. The van der Waals surface area contributed by atoms with Gasteiger partial charge in [0.05, 0.1) is 18.4 Å². The van der Waals surface area contributed by atoms with Gasteiger partial charge in [0.2, 0.25) is 5.91 Å². The summed E-state index contributed by atoms with van der Waals surface area (Å²) in [6.07, 6.45) is 8.30. The van der Waals surface area contributed by atoms with Gasteiger partial charge in [0.25, 0.3) is 0 Å². The van der Waals surface area contributed by atoms with E-state index in [-0.39, 0.29) is 5.91 Å². The molecule has 2 aromatic heterocycles. The molecule has 3 heterocycles. The Morgan fingerprint density at radius 3 is 2.66 bits per heavy atom. The van der Waals surface area contributed by atoms with Gasteiger partial charge in [0, 0.05) is 51.4 Å². The first kappa shape index (κ1) is 20.1. The smallest absolute Gasteiger partial charge is 0.239 e. The molecule has 2 fully saturated rings. The van der Waals surface area contributed by atoms with E-state index in [0.717, 1.165) is 56.5 Å². The van der Waals surface area contributed by atoms with Gasteiger partial charge < -0.3 is 9.84 Å². The van der Waals surface area contributed by atoms with Crippen molar-refractivity contribution < 1.29 is 9.32 Å². The van der Waals surface area contributed by atoms with Crippen molar-refractivity contribution in [2.75, 3.05) is 38.0 Å². The first-order valence-corrected chi connectivity index (χ1v) is 10.8. The molecular weight excluding hydrogens is 368 g/mol. The van der Waals surface area contributed by atoms with Gasteiger partial charge in [-0.2, -0.15) is 5.10 Å². The van der Waals surface area contributed by atoms with E-state index in [1.807, 2.05) is 23.7 Å². The van der Waals surface area contributed by atoms with Crippen LogP contribution in [0.15, 0.2) is 22.9 Å². The van der Waals surface area contributed by atoms with Gasteiger partial charge in [-0.25, -0.2) is 4.68 Å². The van der Waals surface area contributed by atoms with Gasteiger partial charge in [-0.1, -0.05) is 24.4 Å². The summed E-state index contributed by atoms with van der Waals surface area (Å²) in [5.41, 5.74) is 0.972. The highest BCUT2D eigenvalue weighted by molar-refractivity contribution is 5.91. The van der Waals surface area contributed by atoms with Crippen LogP contribution in [0.4, 0.5) is 5.82 Å². The number of hydrogen-bond acceptors (Lipinski definition) is 6. The van der Waals surface area contributed by atoms with E-state index in [4.69, 9.17) is 4.52 Å². The maximum Gasteiger partial charge on any atom is 0.239 e. The zero-order valence-corrected chi connectivity index (χ0v) is 17.3. The number of aromatic nitrogens is 3. The lowest BCUT2D eigenvalue weighted by molar-refractivity contribution is -0.117. The third-order valence-corrected chi connectivity index (χ3v) is 6.03. The number of piperazine rings is 1. The molecule has 0 atom stereocenters. The average molecular weight is 401 g/mol. The molecule has 2 aliphatic rings. The molecule has 0 aromatic carbocycles. The predicted octanol–water partition coefficient (Wildman–Crippen LogP) is 2.52. The number of nitrogens with one attached hydrogen (secondary N) is 1. The van der Waals surface area contributed by atoms with Crippen LogP contribution in [0.25, 0.3) is 0 Å². The molecule has 158 valence electrons. The van der Waals surface area contributed by atoms with Crippen LogP contribution in [0, 0.1) is 12.8 Å². The largest absolute Gasteiger partial charge is 0.361 e. The number of rotatable bonds is 7. The van der Waals surface area contributed by atoms with Crippen molar-refractivity contribution in [1.82, 2.24) is 24.7 Å². The highest BCUT2D eigenvalue weighted by atomic mass is 16.5. The highest BCUT2D eigenvalue weighted by Gasteiger charge is 2.21. The van der Waals surface area contributed by atoms with Crippen molar-refractivity contribution in [3.63, 3.8) is 0 Å². The molecule has 2 aromatic rings. The lowest BCUT2D eigenvalue weighted by atomic mass is 9.89. The second-order valence-electron chi connectivity index (χ2n) is 8.43. The normalized spacial score (nSPS) is 19.5. The first-order chi connectivity index (χ1) is 14.2. The third-order valence-electron chi connectivity index (χ3n) is 6.03. The lowest BCUT2D eigenvalue weighted by Crippen LogP contribution is -2.48. The van der Waals surface area contributed by atoms with Crippen LogP contribution in [-0.4, -0.2) is 63.4 Å². The monoisotopic (exact) mass is 400 g/mol. The number of hydrogen-bond donors (Lipinski definition) is 1. The molecule has 0 radical (unpaired) electrons. The SMILES string of the molecule is Cc1cc(CN2CCN(CC(=O)Nc3ccnn3CC3CCCCC3)CC2)no1. The quantitative estimate of drug-likeness (QED) is 0.769. The third kappa shape index (κ3) is 5.67. The maximum atomic E-state index is 12.6. The molecule has 8 nitrogen and oxygen atoms in total. The van der Waals surface area contributed by atoms with Gasteiger partial charge in [-0.05, 0) is 25.7 Å². The summed E-state index contributed by atoms with van der Waals surface area (Å²) in [6, 6.07) is 3.88. The Labute approximate surface area is 172 Å². The molecule has 8 heteroatoms. The van der Waals surface area contributed by atoms with Crippen LogP contribution in [0.5, 0.6) is 0 Å². The topological polar surface area (TPSA) is 79.4 Å². The Morgan fingerprint density at radius 1 is 1.17 bits per heavy atom. The second-order valence-corrected chi connectivity index (χ2v) is 8.43. The number of nitrogens with zero attached hydrogens (tertiary/aromatic N) is 5. The van der Waals surface area contributed by atoms with Gasteiger partial charge in [-0.15, -0.1) is 0 Å². The summed E-state index contributed by atoms with van der Waals surface area (Å²) in [5.74, 6) is 2.38. The Kier molecular flexibility index (Phi) is 6.61. The van der Waals surface area contributed by atoms with Crippen molar-refractivity contribution in [3.05, 3.63) is 29.8 Å². The predicted molar refractivity (Wildman–Crippen MR) is 110 cm³/mol. The lowest BCUT2D eigenvalue weighted by Gasteiger charge is -2.33. The summed E-state index contributed by atoms with van der Waals surface area (Å²) < 4.78 is 7.10. The molecule has 1 saturated heterocycles. The molecule has 1 N–H and O–H groups in total. The maximum absolute atomic E-state index is 12.6. The fourth-order valence-corrected chi connectivity index (χ4v) is 4.41. The molecule has 1 aliphatic heterocycles. The summed E-state index contributed by atoms with van der Waals surface area (Å²) in [7, 11) is 0. The Morgan fingerprint density at radius 2 is 1.93 bits per heavy atom. The van der Waals surface area contributed by atoms with Gasteiger partial charge >= 0.3 is 0 Å². The molecule has 0 spiro atoms. The van der Waals surface area contributed by atoms with Crippen molar-refractivity contribution in [1.29, 1.82) is 0 Å². The van der Waals surface area contributed by atoms with E-state index in [1.165, 1.54) is 32.1 Å². The summed E-state index contributed by atoms with van der Waals surface area (Å²) in [6.45, 7) is 7.66. The van der Waals surface area contributed by atoms with E-state index in [0.29, 0.717) is 12.5 Å². The second kappa shape index (κ2) is 9.54. The Bertz CT molecular complexity index is 787. The summed E-state index contributed by atoms with van der Waals surface area (Å²) >= 11 is 0. The van der Waals surface area contributed by atoms with Crippen LogP contribution in [-0.2, 0) is 17.9 Å². The Hall–Kier alpha value is -2.19. The fraction of sp³-hybridized carbons (Fsp3) is 0.667. The molecule has 0 unspecified atom stereocenters. The van der Waals surface area contributed by atoms with Crippen LogP contribution < -0.4 is 5.32 Å². The van der Waals surface area contributed by atoms with Crippen molar-refractivity contribution in [2.24, 2.45) is 5.92 Å². The van der Waals surface area contributed by atoms with E-state index in [2.05, 4.69) is 25.4 Å². The van der Waals surface area contributed by atoms with Crippen molar-refractivity contribution in [3.8, 4) is 0 Å². The first-order valence-electron chi connectivity index (χ1n) is 10.8. The van der Waals surface area contributed by atoms with Crippen LogP contribution in [0.3, 0.4) is 0 Å². The molecule has 29 heavy (non-hydrogen) atoms. The van der Waals surface area contributed by atoms with Crippen LogP contribution in [0.2, 0.25) is 0 Å².